The highest BCUT2D eigenvalue weighted by molar-refractivity contribution is 5.38. The molecule has 0 N–H and O–H groups in total. The Morgan fingerprint density at radius 1 is 0.949 bits per heavy atom. The molecule has 8 atom stereocenters. The monoisotopic (exact) mass is 535 g/mol. The van der Waals surface area contributed by atoms with E-state index in [9.17, 15) is 0 Å². The topological polar surface area (TPSA) is 65.5 Å². The number of aromatic nitrogens is 1. The SMILES string of the molecule is C[C@H]1[C@@H](Oc2ccc(CN3CCN(c4ccccn4)CC3)cc2)O[C@@H]2O[C@@]3(C)CC[C@H]4[C@H](C)CC[C@@H]1[C@@]24OO3. The minimum absolute atomic E-state index is 0.154. The summed E-state index contributed by atoms with van der Waals surface area (Å²) in [6.45, 7) is 11.5. The molecule has 5 aliphatic heterocycles. The summed E-state index contributed by atoms with van der Waals surface area (Å²) in [6.07, 6.45) is 5.09. The van der Waals surface area contributed by atoms with Crippen LogP contribution in [0.2, 0.25) is 0 Å². The van der Waals surface area contributed by atoms with Crippen molar-refractivity contribution >= 4 is 5.82 Å². The number of pyridine rings is 1. The van der Waals surface area contributed by atoms with Crippen molar-refractivity contribution in [1.29, 1.82) is 0 Å². The van der Waals surface area contributed by atoms with Crippen LogP contribution in [0.1, 0.15) is 52.0 Å². The molecule has 39 heavy (non-hydrogen) atoms. The number of benzene rings is 1. The molecule has 8 heteroatoms. The van der Waals surface area contributed by atoms with E-state index >= 15 is 0 Å². The smallest absolute Gasteiger partial charge is 0.205 e. The predicted molar refractivity (Wildman–Crippen MR) is 146 cm³/mol. The van der Waals surface area contributed by atoms with Crippen molar-refractivity contribution < 1.29 is 24.0 Å². The Bertz CT molecular complexity index is 1140. The van der Waals surface area contributed by atoms with Gasteiger partial charge in [0.1, 0.15) is 11.6 Å². The second kappa shape index (κ2) is 10.00. The summed E-state index contributed by atoms with van der Waals surface area (Å²) in [4.78, 5) is 21.6. The van der Waals surface area contributed by atoms with E-state index in [1.807, 2.05) is 19.2 Å². The highest BCUT2D eigenvalue weighted by Gasteiger charge is 2.69. The Morgan fingerprint density at radius 3 is 2.54 bits per heavy atom. The van der Waals surface area contributed by atoms with Crippen LogP contribution in [0.15, 0.2) is 48.7 Å². The first-order chi connectivity index (χ1) is 18.9. The van der Waals surface area contributed by atoms with Gasteiger partial charge in [-0.2, -0.15) is 0 Å². The summed E-state index contributed by atoms with van der Waals surface area (Å²) in [5, 5.41) is 0. The number of hydrogen-bond donors (Lipinski definition) is 0. The third-order valence-corrected chi connectivity index (χ3v) is 10.0. The molecule has 0 amide bonds. The molecular weight excluding hydrogens is 494 g/mol. The number of hydrogen-bond acceptors (Lipinski definition) is 8. The lowest BCUT2D eigenvalue weighted by atomic mass is 9.58. The molecule has 0 radical (unpaired) electrons. The Morgan fingerprint density at radius 2 is 1.77 bits per heavy atom. The molecule has 6 aliphatic rings. The fraction of sp³-hybridized carbons (Fsp3) is 0.645. The summed E-state index contributed by atoms with van der Waals surface area (Å²) in [6, 6.07) is 14.6. The molecule has 6 fully saturated rings. The van der Waals surface area contributed by atoms with Crippen LogP contribution >= 0.6 is 0 Å². The second-order valence-electron chi connectivity index (χ2n) is 12.5. The first-order valence-corrected chi connectivity index (χ1v) is 14.8. The van der Waals surface area contributed by atoms with Gasteiger partial charge in [-0.1, -0.05) is 32.0 Å². The van der Waals surface area contributed by atoms with E-state index in [0.717, 1.165) is 63.6 Å². The molecule has 1 aromatic carbocycles. The Balaban J connectivity index is 0.999. The molecule has 1 aliphatic carbocycles. The lowest BCUT2D eigenvalue weighted by Gasteiger charge is -2.60. The van der Waals surface area contributed by atoms with Gasteiger partial charge in [-0.15, -0.1) is 0 Å². The van der Waals surface area contributed by atoms with Crippen molar-refractivity contribution in [3.8, 4) is 5.75 Å². The molecule has 6 heterocycles. The van der Waals surface area contributed by atoms with Crippen molar-refractivity contribution in [2.75, 3.05) is 31.1 Å². The summed E-state index contributed by atoms with van der Waals surface area (Å²) < 4.78 is 19.6. The van der Waals surface area contributed by atoms with Gasteiger partial charge in [0, 0.05) is 57.2 Å². The molecule has 2 bridgehead atoms. The quantitative estimate of drug-likeness (QED) is 0.496. The van der Waals surface area contributed by atoms with Gasteiger partial charge in [0.05, 0.1) is 0 Å². The van der Waals surface area contributed by atoms with Crippen LogP contribution < -0.4 is 9.64 Å². The van der Waals surface area contributed by atoms with Gasteiger partial charge in [-0.25, -0.2) is 14.8 Å². The zero-order valence-electron chi connectivity index (χ0n) is 23.3. The molecular formula is C31H41N3O5. The average molecular weight is 536 g/mol. The van der Waals surface area contributed by atoms with Gasteiger partial charge >= 0.3 is 0 Å². The first kappa shape index (κ1) is 25.7. The molecule has 1 aromatic heterocycles. The maximum atomic E-state index is 6.59. The molecule has 8 rings (SSSR count). The van der Waals surface area contributed by atoms with E-state index in [-0.39, 0.29) is 11.8 Å². The Kier molecular flexibility index (Phi) is 6.59. The van der Waals surface area contributed by atoms with Gasteiger partial charge in [-0.05, 0) is 67.9 Å². The zero-order valence-corrected chi connectivity index (χ0v) is 23.3. The van der Waals surface area contributed by atoms with E-state index in [0.29, 0.717) is 11.8 Å². The first-order valence-electron chi connectivity index (χ1n) is 14.8. The second-order valence-corrected chi connectivity index (χ2v) is 12.5. The summed E-state index contributed by atoms with van der Waals surface area (Å²) in [5.74, 6) is 2.45. The number of ether oxygens (including phenoxy) is 3. The molecule has 5 saturated heterocycles. The van der Waals surface area contributed by atoms with Gasteiger partial charge in [-0.3, -0.25) is 4.90 Å². The van der Waals surface area contributed by atoms with Crippen LogP contribution in [0, 0.1) is 23.7 Å². The molecule has 2 aromatic rings. The standard InChI is InChI=1S/C31H41N3O5/c1-21-7-12-26-22(2)28(36-29-31(26)25(21)13-14-30(3,37-29)38-39-31)35-24-10-8-23(9-11-24)20-33-16-18-34(19-17-33)27-6-4-5-15-32-27/h4-6,8-11,15,21-22,25-26,28-29H,7,12-14,16-20H2,1-3H3/t21-,22-,25+,26+,28+,29-,30-,31-/m1/s1. The van der Waals surface area contributed by atoms with Crippen molar-refractivity contribution in [1.82, 2.24) is 9.88 Å². The number of piperazine rings is 1. The van der Waals surface area contributed by atoms with E-state index in [1.165, 1.54) is 12.0 Å². The number of anilines is 1. The van der Waals surface area contributed by atoms with E-state index < -0.39 is 24.0 Å². The minimum atomic E-state index is -0.770. The summed E-state index contributed by atoms with van der Waals surface area (Å²) >= 11 is 0. The minimum Gasteiger partial charge on any atom is -0.465 e. The number of rotatable bonds is 5. The Hall–Kier alpha value is -2.23. The fourth-order valence-corrected chi connectivity index (χ4v) is 7.75. The highest BCUT2D eigenvalue weighted by atomic mass is 17.3. The molecule has 8 nitrogen and oxygen atoms in total. The summed E-state index contributed by atoms with van der Waals surface area (Å²) in [7, 11) is 0. The van der Waals surface area contributed by atoms with Crippen LogP contribution in [0.4, 0.5) is 5.82 Å². The van der Waals surface area contributed by atoms with E-state index in [2.05, 4.69) is 65.0 Å². The van der Waals surface area contributed by atoms with Gasteiger partial charge < -0.3 is 19.1 Å². The van der Waals surface area contributed by atoms with Gasteiger partial charge in [0.15, 0.2) is 11.9 Å². The van der Waals surface area contributed by atoms with Crippen molar-refractivity contribution in [3.05, 3.63) is 54.2 Å². The molecule has 210 valence electrons. The highest BCUT2D eigenvalue weighted by Crippen LogP contribution is 2.60. The average Bonchev–Trinajstić information content (AvgIpc) is 3.19. The summed E-state index contributed by atoms with van der Waals surface area (Å²) in [5.41, 5.74) is 0.731. The zero-order chi connectivity index (χ0) is 26.6. The van der Waals surface area contributed by atoms with Crippen molar-refractivity contribution in [3.63, 3.8) is 0 Å². The van der Waals surface area contributed by atoms with Crippen LogP contribution in [0.25, 0.3) is 0 Å². The van der Waals surface area contributed by atoms with Crippen LogP contribution in [-0.2, 0) is 25.8 Å². The van der Waals surface area contributed by atoms with Crippen LogP contribution in [-0.4, -0.2) is 60.0 Å². The Labute approximate surface area is 231 Å². The van der Waals surface area contributed by atoms with E-state index in [4.69, 9.17) is 24.0 Å². The van der Waals surface area contributed by atoms with Gasteiger partial charge in [0.25, 0.3) is 0 Å². The maximum absolute atomic E-state index is 6.59. The third-order valence-electron chi connectivity index (χ3n) is 10.0. The normalized spacial score (nSPS) is 40.1. The largest absolute Gasteiger partial charge is 0.465 e. The van der Waals surface area contributed by atoms with Crippen LogP contribution in [0.5, 0.6) is 5.75 Å². The number of fused-ring (bicyclic) bond motifs is 2. The van der Waals surface area contributed by atoms with Crippen molar-refractivity contribution in [2.45, 2.75) is 77.0 Å². The molecule has 1 saturated carbocycles. The maximum Gasteiger partial charge on any atom is 0.205 e. The predicted octanol–water partition coefficient (Wildman–Crippen LogP) is 4.99. The van der Waals surface area contributed by atoms with Crippen LogP contribution in [0.3, 0.4) is 0 Å². The third kappa shape index (κ3) is 4.54. The van der Waals surface area contributed by atoms with Crippen molar-refractivity contribution in [2.24, 2.45) is 23.7 Å². The lowest BCUT2D eigenvalue weighted by molar-refractivity contribution is -0.575. The van der Waals surface area contributed by atoms with Gasteiger partial charge in [0.2, 0.25) is 12.1 Å². The molecule has 0 unspecified atom stereocenters. The molecule has 1 spiro atoms. The number of nitrogens with zero attached hydrogens (tertiary/aromatic N) is 3. The van der Waals surface area contributed by atoms with E-state index in [1.54, 1.807) is 0 Å². The fourth-order valence-electron chi connectivity index (χ4n) is 7.75. The lowest BCUT2D eigenvalue weighted by Crippen LogP contribution is -2.70.